The molecule has 4 unspecified atom stereocenters. The Morgan fingerprint density at radius 2 is 2.18 bits per heavy atom. The van der Waals surface area contributed by atoms with Crippen LogP contribution in [0.5, 0.6) is 0 Å². The number of hydrogen-bond acceptors (Lipinski definition) is 2. The molecule has 2 saturated heterocycles. The van der Waals surface area contributed by atoms with Crippen LogP contribution in [0.2, 0.25) is 0 Å². The van der Waals surface area contributed by atoms with Crippen LogP contribution >= 0.6 is 0 Å². The van der Waals surface area contributed by atoms with Crippen LogP contribution in [-0.4, -0.2) is 24.8 Å². The maximum atomic E-state index is 5.76. The van der Waals surface area contributed by atoms with Gasteiger partial charge < -0.3 is 10.1 Å². The molecule has 2 nitrogen and oxygen atoms in total. The summed E-state index contributed by atoms with van der Waals surface area (Å²) in [5, 5.41) is 3.54. The van der Waals surface area contributed by atoms with E-state index in [4.69, 9.17) is 4.74 Å². The van der Waals surface area contributed by atoms with Crippen molar-refractivity contribution in [3.05, 3.63) is 0 Å². The molecular weight excluding hydrogens is 138 g/mol. The molecule has 64 valence electrons. The molecule has 0 amide bonds. The average molecular weight is 155 g/mol. The van der Waals surface area contributed by atoms with E-state index in [0.29, 0.717) is 12.2 Å². The Labute approximate surface area is 68.3 Å². The first-order valence-electron chi connectivity index (χ1n) is 4.66. The first-order chi connectivity index (χ1) is 5.27. The number of rotatable bonds is 0. The van der Waals surface area contributed by atoms with Gasteiger partial charge in [-0.25, -0.2) is 0 Å². The fourth-order valence-corrected chi connectivity index (χ4v) is 2.49. The van der Waals surface area contributed by atoms with E-state index in [9.17, 15) is 0 Å². The molecule has 2 heterocycles. The predicted octanol–water partition coefficient (Wildman–Crippen LogP) is 1.16. The predicted molar refractivity (Wildman–Crippen MR) is 44.5 cm³/mol. The molecule has 11 heavy (non-hydrogen) atoms. The highest BCUT2D eigenvalue weighted by atomic mass is 16.5. The van der Waals surface area contributed by atoms with E-state index in [0.717, 1.165) is 12.0 Å². The van der Waals surface area contributed by atoms with Gasteiger partial charge in [-0.1, -0.05) is 0 Å². The zero-order chi connectivity index (χ0) is 7.84. The first kappa shape index (κ1) is 7.56. The SMILES string of the molecule is CC1CC2NCCC2C(C)O1. The lowest BCUT2D eigenvalue weighted by molar-refractivity contribution is -0.0691. The van der Waals surface area contributed by atoms with Crippen LogP contribution < -0.4 is 5.32 Å². The summed E-state index contributed by atoms with van der Waals surface area (Å²) in [4.78, 5) is 0. The number of hydrogen-bond donors (Lipinski definition) is 1. The monoisotopic (exact) mass is 155 g/mol. The number of nitrogens with one attached hydrogen (secondary N) is 1. The summed E-state index contributed by atoms with van der Waals surface area (Å²) < 4.78 is 5.76. The summed E-state index contributed by atoms with van der Waals surface area (Å²) in [6, 6.07) is 0.744. The van der Waals surface area contributed by atoms with Crippen molar-refractivity contribution in [1.82, 2.24) is 5.32 Å². The zero-order valence-corrected chi connectivity index (χ0v) is 7.34. The Balaban J connectivity index is 2.04. The summed E-state index contributed by atoms with van der Waals surface area (Å²) >= 11 is 0. The van der Waals surface area contributed by atoms with Gasteiger partial charge in [0.15, 0.2) is 0 Å². The van der Waals surface area contributed by atoms with Crippen LogP contribution in [-0.2, 0) is 4.74 Å². The van der Waals surface area contributed by atoms with Crippen LogP contribution in [0.3, 0.4) is 0 Å². The van der Waals surface area contributed by atoms with Crippen molar-refractivity contribution in [3.8, 4) is 0 Å². The van der Waals surface area contributed by atoms with E-state index in [2.05, 4.69) is 19.2 Å². The summed E-state index contributed by atoms with van der Waals surface area (Å²) in [5.74, 6) is 0.784. The largest absolute Gasteiger partial charge is 0.375 e. The minimum absolute atomic E-state index is 0.455. The molecule has 2 aliphatic rings. The van der Waals surface area contributed by atoms with E-state index in [1.54, 1.807) is 0 Å². The molecular formula is C9H17NO. The maximum Gasteiger partial charge on any atom is 0.0594 e. The highest BCUT2D eigenvalue weighted by molar-refractivity contribution is 4.91. The van der Waals surface area contributed by atoms with E-state index in [1.165, 1.54) is 19.4 Å². The Morgan fingerprint density at radius 1 is 1.36 bits per heavy atom. The van der Waals surface area contributed by atoms with Gasteiger partial charge in [0, 0.05) is 12.0 Å². The Morgan fingerprint density at radius 3 is 3.00 bits per heavy atom. The van der Waals surface area contributed by atoms with Crippen LogP contribution in [0.4, 0.5) is 0 Å². The minimum Gasteiger partial charge on any atom is -0.375 e. The topological polar surface area (TPSA) is 21.3 Å². The normalized spacial score (nSPS) is 50.7. The van der Waals surface area contributed by atoms with Gasteiger partial charge in [0.2, 0.25) is 0 Å². The summed E-state index contributed by atoms with van der Waals surface area (Å²) in [6.07, 6.45) is 3.43. The van der Waals surface area contributed by atoms with E-state index in [-0.39, 0.29) is 0 Å². The third-order valence-corrected chi connectivity index (χ3v) is 3.04. The van der Waals surface area contributed by atoms with Crippen molar-refractivity contribution < 1.29 is 4.74 Å². The Bertz CT molecular complexity index is 148. The molecule has 1 N–H and O–H groups in total. The van der Waals surface area contributed by atoms with Crippen molar-refractivity contribution in [2.24, 2.45) is 5.92 Å². The van der Waals surface area contributed by atoms with E-state index >= 15 is 0 Å². The lowest BCUT2D eigenvalue weighted by Gasteiger charge is -2.35. The summed E-state index contributed by atoms with van der Waals surface area (Å²) in [7, 11) is 0. The van der Waals surface area contributed by atoms with Crippen LogP contribution in [0.15, 0.2) is 0 Å². The smallest absolute Gasteiger partial charge is 0.0594 e. The standard InChI is InChI=1S/C9H17NO/c1-6-5-9-8(3-4-10-9)7(2)11-6/h6-10H,3-5H2,1-2H3. The van der Waals surface area contributed by atoms with E-state index in [1.807, 2.05) is 0 Å². The lowest BCUT2D eigenvalue weighted by Crippen LogP contribution is -2.43. The molecule has 2 rings (SSSR count). The third-order valence-electron chi connectivity index (χ3n) is 3.04. The molecule has 0 aliphatic carbocycles. The Kier molecular flexibility index (Phi) is 1.90. The molecule has 2 fully saturated rings. The fourth-order valence-electron chi connectivity index (χ4n) is 2.49. The minimum atomic E-state index is 0.455. The summed E-state index contributed by atoms with van der Waals surface area (Å²) in [6.45, 7) is 5.57. The third kappa shape index (κ3) is 1.30. The van der Waals surface area contributed by atoms with Gasteiger partial charge in [-0.2, -0.15) is 0 Å². The van der Waals surface area contributed by atoms with Crippen molar-refractivity contribution in [3.63, 3.8) is 0 Å². The Hall–Kier alpha value is -0.0800. The second-order valence-electron chi connectivity index (χ2n) is 3.90. The molecule has 2 heteroatoms. The van der Waals surface area contributed by atoms with Gasteiger partial charge in [0.05, 0.1) is 12.2 Å². The van der Waals surface area contributed by atoms with Gasteiger partial charge in [0.25, 0.3) is 0 Å². The molecule has 2 aliphatic heterocycles. The highest BCUT2D eigenvalue weighted by Crippen LogP contribution is 2.30. The van der Waals surface area contributed by atoms with Gasteiger partial charge in [-0.05, 0) is 33.2 Å². The molecule has 0 aromatic rings. The quantitative estimate of drug-likeness (QED) is 0.567. The van der Waals surface area contributed by atoms with E-state index < -0.39 is 0 Å². The van der Waals surface area contributed by atoms with Gasteiger partial charge >= 0.3 is 0 Å². The number of fused-ring (bicyclic) bond motifs is 1. The molecule has 0 bridgehead atoms. The molecule has 0 aromatic heterocycles. The molecule has 0 radical (unpaired) electrons. The summed E-state index contributed by atoms with van der Waals surface area (Å²) in [5.41, 5.74) is 0. The van der Waals surface area contributed by atoms with Gasteiger partial charge in [0.1, 0.15) is 0 Å². The second kappa shape index (κ2) is 2.76. The molecule has 0 saturated carbocycles. The maximum absolute atomic E-state index is 5.76. The second-order valence-corrected chi connectivity index (χ2v) is 3.90. The van der Waals surface area contributed by atoms with Crippen molar-refractivity contribution >= 4 is 0 Å². The van der Waals surface area contributed by atoms with Crippen LogP contribution in [0.1, 0.15) is 26.7 Å². The first-order valence-corrected chi connectivity index (χ1v) is 4.66. The molecule has 0 aromatic carbocycles. The van der Waals surface area contributed by atoms with Crippen LogP contribution in [0.25, 0.3) is 0 Å². The highest BCUT2D eigenvalue weighted by Gasteiger charge is 2.37. The van der Waals surface area contributed by atoms with Crippen molar-refractivity contribution in [2.45, 2.75) is 44.9 Å². The van der Waals surface area contributed by atoms with Crippen LogP contribution in [0, 0.1) is 5.92 Å². The lowest BCUT2D eigenvalue weighted by atomic mass is 9.89. The molecule has 4 atom stereocenters. The van der Waals surface area contributed by atoms with Gasteiger partial charge in [-0.15, -0.1) is 0 Å². The zero-order valence-electron chi connectivity index (χ0n) is 7.34. The fraction of sp³-hybridized carbons (Fsp3) is 1.00. The van der Waals surface area contributed by atoms with Crippen molar-refractivity contribution in [1.29, 1.82) is 0 Å². The molecule has 0 spiro atoms. The number of ether oxygens (including phenoxy) is 1. The van der Waals surface area contributed by atoms with Gasteiger partial charge in [-0.3, -0.25) is 0 Å². The average Bonchev–Trinajstić information content (AvgIpc) is 2.34. The van der Waals surface area contributed by atoms with Crippen molar-refractivity contribution in [2.75, 3.05) is 6.54 Å².